The Kier molecular flexibility index (Phi) is 6.47. The summed E-state index contributed by atoms with van der Waals surface area (Å²) in [4.78, 5) is 12.3. The average Bonchev–Trinajstić information content (AvgIpc) is 3.01. The summed E-state index contributed by atoms with van der Waals surface area (Å²) in [6, 6.07) is 9.18. The molecule has 0 aliphatic carbocycles. The van der Waals surface area contributed by atoms with E-state index in [2.05, 4.69) is 10.6 Å². The molecule has 6 heteroatoms. The van der Waals surface area contributed by atoms with Crippen LogP contribution in [0.5, 0.6) is 11.5 Å². The quantitative estimate of drug-likeness (QED) is 0.763. The van der Waals surface area contributed by atoms with Crippen LogP contribution in [-0.4, -0.2) is 26.2 Å². The predicted octanol–water partition coefficient (Wildman–Crippen LogP) is 3.67. The molecule has 0 radical (unpaired) electrons. The standard InChI is InChI=1S/C19H26N2O4/c1-12(20-14(3)17-9-6-13(2)25-17)10-19(22)21-16-8-7-15(23-4)11-18(16)24-5/h6-9,11-12,14,20H,10H2,1-5H3,(H,21,22). The smallest absolute Gasteiger partial charge is 0.226 e. The van der Waals surface area contributed by atoms with E-state index in [9.17, 15) is 4.79 Å². The van der Waals surface area contributed by atoms with Crippen LogP contribution in [0, 0.1) is 6.92 Å². The van der Waals surface area contributed by atoms with Crippen LogP contribution in [-0.2, 0) is 4.79 Å². The van der Waals surface area contributed by atoms with Crippen molar-refractivity contribution in [1.29, 1.82) is 0 Å². The van der Waals surface area contributed by atoms with Crippen molar-refractivity contribution in [2.75, 3.05) is 19.5 Å². The lowest BCUT2D eigenvalue weighted by atomic mass is 10.1. The van der Waals surface area contributed by atoms with Gasteiger partial charge in [0.2, 0.25) is 5.91 Å². The third-order valence-electron chi connectivity index (χ3n) is 3.90. The molecule has 1 heterocycles. The number of benzene rings is 1. The monoisotopic (exact) mass is 346 g/mol. The molecule has 0 saturated heterocycles. The van der Waals surface area contributed by atoms with Crippen LogP contribution in [0.2, 0.25) is 0 Å². The number of ether oxygens (including phenoxy) is 2. The zero-order valence-electron chi connectivity index (χ0n) is 15.4. The molecule has 2 aromatic rings. The lowest BCUT2D eigenvalue weighted by Crippen LogP contribution is -2.32. The van der Waals surface area contributed by atoms with E-state index in [1.165, 1.54) is 0 Å². The Labute approximate surface area is 148 Å². The molecule has 0 aliphatic rings. The number of nitrogens with one attached hydrogen (secondary N) is 2. The average molecular weight is 346 g/mol. The molecule has 6 nitrogen and oxygen atoms in total. The molecule has 2 atom stereocenters. The van der Waals surface area contributed by atoms with E-state index in [0.717, 1.165) is 11.5 Å². The van der Waals surface area contributed by atoms with Gasteiger partial charge in [-0.25, -0.2) is 0 Å². The number of carbonyl (C=O) groups is 1. The second-order valence-electron chi connectivity index (χ2n) is 6.06. The first-order chi connectivity index (χ1) is 11.9. The Morgan fingerprint density at radius 3 is 2.52 bits per heavy atom. The molecular formula is C19H26N2O4. The summed E-state index contributed by atoms with van der Waals surface area (Å²) in [5.41, 5.74) is 0.621. The summed E-state index contributed by atoms with van der Waals surface area (Å²) < 4.78 is 16.1. The maximum Gasteiger partial charge on any atom is 0.226 e. The Hall–Kier alpha value is -2.47. The maximum atomic E-state index is 12.3. The Morgan fingerprint density at radius 2 is 1.92 bits per heavy atom. The van der Waals surface area contributed by atoms with Gasteiger partial charge >= 0.3 is 0 Å². The fourth-order valence-electron chi connectivity index (χ4n) is 2.64. The van der Waals surface area contributed by atoms with Gasteiger partial charge < -0.3 is 24.5 Å². The SMILES string of the molecule is COc1ccc(NC(=O)CC(C)NC(C)c2ccc(C)o2)c(OC)c1. The van der Waals surface area contributed by atoms with Crippen LogP contribution in [0.3, 0.4) is 0 Å². The molecule has 0 spiro atoms. The van der Waals surface area contributed by atoms with E-state index >= 15 is 0 Å². The van der Waals surface area contributed by atoms with Gasteiger partial charge in [0.05, 0.1) is 25.9 Å². The van der Waals surface area contributed by atoms with Crippen molar-refractivity contribution in [2.24, 2.45) is 0 Å². The number of furan rings is 1. The Morgan fingerprint density at radius 1 is 1.16 bits per heavy atom. The first kappa shape index (κ1) is 18.9. The van der Waals surface area contributed by atoms with Crippen molar-refractivity contribution in [1.82, 2.24) is 5.32 Å². The second kappa shape index (κ2) is 8.58. The third-order valence-corrected chi connectivity index (χ3v) is 3.90. The molecule has 25 heavy (non-hydrogen) atoms. The van der Waals surface area contributed by atoms with Crippen molar-refractivity contribution >= 4 is 11.6 Å². The molecule has 2 rings (SSSR count). The first-order valence-electron chi connectivity index (χ1n) is 8.27. The minimum absolute atomic E-state index is 0.00958. The highest BCUT2D eigenvalue weighted by Gasteiger charge is 2.16. The van der Waals surface area contributed by atoms with E-state index in [4.69, 9.17) is 13.9 Å². The van der Waals surface area contributed by atoms with Gasteiger partial charge in [-0.1, -0.05) is 0 Å². The van der Waals surface area contributed by atoms with Crippen LogP contribution in [0.1, 0.15) is 37.8 Å². The highest BCUT2D eigenvalue weighted by molar-refractivity contribution is 5.92. The molecule has 1 amide bonds. The molecule has 136 valence electrons. The number of anilines is 1. The lowest BCUT2D eigenvalue weighted by Gasteiger charge is -2.19. The van der Waals surface area contributed by atoms with Gasteiger partial charge in [0.25, 0.3) is 0 Å². The summed E-state index contributed by atoms with van der Waals surface area (Å²) in [7, 11) is 3.14. The van der Waals surface area contributed by atoms with Crippen LogP contribution in [0.25, 0.3) is 0 Å². The second-order valence-corrected chi connectivity index (χ2v) is 6.06. The van der Waals surface area contributed by atoms with Crippen molar-refractivity contribution < 1.29 is 18.7 Å². The molecule has 0 fully saturated rings. The van der Waals surface area contributed by atoms with E-state index in [1.807, 2.05) is 32.9 Å². The van der Waals surface area contributed by atoms with Crippen LogP contribution in [0.4, 0.5) is 5.69 Å². The fraction of sp³-hybridized carbons (Fsp3) is 0.421. The summed E-state index contributed by atoms with van der Waals surface area (Å²) >= 11 is 0. The van der Waals surface area contributed by atoms with Crippen molar-refractivity contribution in [3.8, 4) is 11.5 Å². The van der Waals surface area contributed by atoms with Gasteiger partial charge in [0.15, 0.2) is 0 Å². The van der Waals surface area contributed by atoms with Gasteiger partial charge in [-0.15, -0.1) is 0 Å². The zero-order chi connectivity index (χ0) is 18.4. The van der Waals surface area contributed by atoms with Crippen LogP contribution in [0.15, 0.2) is 34.7 Å². The largest absolute Gasteiger partial charge is 0.497 e. The highest BCUT2D eigenvalue weighted by atomic mass is 16.5. The molecule has 2 N–H and O–H groups in total. The highest BCUT2D eigenvalue weighted by Crippen LogP contribution is 2.29. The fourth-order valence-corrected chi connectivity index (χ4v) is 2.64. The summed E-state index contributed by atoms with van der Waals surface area (Å²) in [6.45, 7) is 5.89. The Balaban J connectivity index is 1.91. The topological polar surface area (TPSA) is 72.7 Å². The van der Waals surface area contributed by atoms with Crippen LogP contribution >= 0.6 is 0 Å². The van der Waals surface area contributed by atoms with E-state index in [1.54, 1.807) is 32.4 Å². The van der Waals surface area contributed by atoms with Gasteiger partial charge in [-0.2, -0.15) is 0 Å². The number of carbonyl (C=O) groups excluding carboxylic acids is 1. The number of methoxy groups -OCH3 is 2. The normalized spacial score (nSPS) is 13.2. The molecule has 2 unspecified atom stereocenters. The third kappa shape index (κ3) is 5.26. The van der Waals surface area contributed by atoms with E-state index in [0.29, 0.717) is 23.6 Å². The van der Waals surface area contributed by atoms with E-state index < -0.39 is 0 Å². The minimum Gasteiger partial charge on any atom is -0.497 e. The Bertz CT molecular complexity index is 711. The van der Waals surface area contributed by atoms with Crippen molar-refractivity contribution in [3.05, 3.63) is 41.9 Å². The molecule has 0 aliphatic heterocycles. The summed E-state index contributed by atoms with van der Waals surface area (Å²) in [5.74, 6) is 2.88. The minimum atomic E-state index is -0.0914. The van der Waals surface area contributed by atoms with E-state index in [-0.39, 0.29) is 18.0 Å². The van der Waals surface area contributed by atoms with Crippen molar-refractivity contribution in [3.63, 3.8) is 0 Å². The number of hydrogen-bond acceptors (Lipinski definition) is 5. The first-order valence-corrected chi connectivity index (χ1v) is 8.27. The van der Waals surface area contributed by atoms with Gasteiger partial charge in [-0.05, 0) is 45.0 Å². The van der Waals surface area contributed by atoms with Gasteiger partial charge in [0.1, 0.15) is 23.0 Å². The van der Waals surface area contributed by atoms with Gasteiger partial charge in [0, 0.05) is 18.5 Å². The number of hydrogen-bond donors (Lipinski definition) is 2. The van der Waals surface area contributed by atoms with Crippen molar-refractivity contribution in [2.45, 2.75) is 39.3 Å². The molecular weight excluding hydrogens is 320 g/mol. The molecule has 1 aromatic carbocycles. The van der Waals surface area contributed by atoms with Crippen LogP contribution < -0.4 is 20.1 Å². The summed E-state index contributed by atoms with van der Waals surface area (Å²) in [5, 5.41) is 6.25. The number of aryl methyl sites for hydroxylation is 1. The summed E-state index contributed by atoms with van der Waals surface area (Å²) in [6.07, 6.45) is 0.333. The number of amides is 1. The number of rotatable bonds is 8. The molecule has 0 bridgehead atoms. The lowest BCUT2D eigenvalue weighted by molar-refractivity contribution is -0.116. The maximum absolute atomic E-state index is 12.3. The zero-order valence-corrected chi connectivity index (χ0v) is 15.4. The van der Waals surface area contributed by atoms with Gasteiger partial charge in [-0.3, -0.25) is 4.79 Å². The predicted molar refractivity (Wildman–Crippen MR) is 97.3 cm³/mol. The molecule has 1 aromatic heterocycles. The molecule has 0 saturated carbocycles.